The number of aromatic nitrogens is 1. The zero-order chi connectivity index (χ0) is 10.7. The first-order valence-electron chi connectivity index (χ1n) is 5.47. The van der Waals surface area contributed by atoms with E-state index in [1.807, 2.05) is 24.4 Å². The zero-order valence-electron chi connectivity index (χ0n) is 9.15. The maximum Gasteiger partial charge on any atom is 0.0832 e. The molecule has 0 saturated heterocycles. The number of methoxy groups -OCH3 is 1. The Bertz CT molecular complexity index is 303. The minimum Gasteiger partial charge on any atom is -0.377 e. The van der Waals surface area contributed by atoms with Crippen molar-refractivity contribution in [2.45, 2.75) is 37.3 Å². The molecule has 15 heavy (non-hydrogen) atoms. The highest BCUT2D eigenvalue weighted by Crippen LogP contribution is 2.38. The van der Waals surface area contributed by atoms with Gasteiger partial charge in [0.25, 0.3) is 0 Å². The molecule has 0 radical (unpaired) electrons. The van der Waals surface area contributed by atoms with Crippen molar-refractivity contribution in [3.63, 3.8) is 0 Å². The maximum atomic E-state index is 6.19. The number of nitrogens with two attached hydrogens (primary N) is 1. The lowest BCUT2D eigenvalue weighted by Crippen LogP contribution is -2.55. The van der Waals surface area contributed by atoms with Gasteiger partial charge in [0.15, 0.2) is 0 Å². The molecule has 0 spiro atoms. The first-order valence-corrected chi connectivity index (χ1v) is 5.47. The number of nitrogens with zero attached hydrogens (tertiary/aromatic N) is 1. The molecular weight excluding hydrogens is 188 g/mol. The van der Waals surface area contributed by atoms with Crippen LogP contribution in [0, 0.1) is 0 Å². The Hall–Kier alpha value is -0.930. The van der Waals surface area contributed by atoms with E-state index in [9.17, 15) is 0 Å². The minimum absolute atomic E-state index is 0.0612. The Balaban J connectivity index is 2.00. The van der Waals surface area contributed by atoms with Crippen molar-refractivity contribution < 1.29 is 4.74 Å². The summed E-state index contributed by atoms with van der Waals surface area (Å²) in [4.78, 5) is 4.29. The minimum atomic E-state index is -0.0858. The Morgan fingerprint density at radius 3 is 2.80 bits per heavy atom. The van der Waals surface area contributed by atoms with Gasteiger partial charge in [0.2, 0.25) is 0 Å². The van der Waals surface area contributed by atoms with Gasteiger partial charge in [0.1, 0.15) is 0 Å². The molecule has 1 saturated carbocycles. The molecule has 82 valence electrons. The Labute approximate surface area is 90.7 Å². The monoisotopic (exact) mass is 206 g/mol. The van der Waals surface area contributed by atoms with Crippen molar-refractivity contribution in [2.24, 2.45) is 5.73 Å². The largest absolute Gasteiger partial charge is 0.377 e. The molecule has 1 aromatic heterocycles. The highest BCUT2D eigenvalue weighted by atomic mass is 16.5. The van der Waals surface area contributed by atoms with Crippen LogP contribution in [0.25, 0.3) is 0 Å². The number of pyridine rings is 1. The van der Waals surface area contributed by atoms with Crippen molar-refractivity contribution in [1.29, 1.82) is 0 Å². The quantitative estimate of drug-likeness (QED) is 0.812. The van der Waals surface area contributed by atoms with Crippen LogP contribution in [0.3, 0.4) is 0 Å². The van der Waals surface area contributed by atoms with Gasteiger partial charge < -0.3 is 10.5 Å². The van der Waals surface area contributed by atoms with Crippen LogP contribution in [0.5, 0.6) is 0 Å². The highest BCUT2D eigenvalue weighted by Gasteiger charge is 2.42. The first-order chi connectivity index (χ1) is 7.27. The Kier molecular flexibility index (Phi) is 3.03. The molecule has 3 heteroatoms. The van der Waals surface area contributed by atoms with Crippen molar-refractivity contribution in [2.75, 3.05) is 7.11 Å². The molecule has 1 atom stereocenters. The van der Waals surface area contributed by atoms with E-state index in [1.165, 1.54) is 6.42 Å². The fourth-order valence-electron chi connectivity index (χ4n) is 2.18. The van der Waals surface area contributed by atoms with E-state index in [4.69, 9.17) is 10.5 Å². The van der Waals surface area contributed by atoms with Crippen LogP contribution in [-0.4, -0.2) is 23.7 Å². The summed E-state index contributed by atoms with van der Waals surface area (Å²) in [5.41, 5.74) is 7.16. The third kappa shape index (κ3) is 2.03. The summed E-state index contributed by atoms with van der Waals surface area (Å²) >= 11 is 0. The maximum absolute atomic E-state index is 6.19. The second-order valence-corrected chi connectivity index (χ2v) is 4.25. The van der Waals surface area contributed by atoms with Gasteiger partial charge >= 0.3 is 0 Å². The van der Waals surface area contributed by atoms with Gasteiger partial charge in [0, 0.05) is 31.5 Å². The normalized spacial score (nSPS) is 20.7. The molecule has 0 aromatic carbocycles. The molecule has 1 aliphatic carbocycles. The average Bonchev–Trinajstić information content (AvgIpc) is 2.18. The van der Waals surface area contributed by atoms with Crippen LogP contribution in [-0.2, 0) is 11.2 Å². The van der Waals surface area contributed by atoms with E-state index in [-0.39, 0.29) is 11.6 Å². The van der Waals surface area contributed by atoms with Crippen molar-refractivity contribution >= 4 is 0 Å². The molecule has 1 fully saturated rings. The van der Waals surface area contributed by atoms with E-state index in [0.29, 0.717) is 0 Å². The van der Waals surface area contributed by atoms with Gasteiger partial charge in [-0.3, -0.25) is 4.98 Å². The van der Waals surface area contributed by atoms with Crippen molar-refractivity contribution in [1.82, 2.24) is 4.98 Å². The van der Waals surface area contributed by atoms with Gasteiger partial charge in [0.05, 0.1) is 5.60 Å². The number of ether oxygens (including phenoxy) is 1. The number of hydrogen-bond donors (Lipinski definition) is 1. The molecule has 2 N–H and O–H groups in total. The molecule has 1 heterocycles. The van der Waals surface area contributed by atoms with E-state index < -0.39 is 0 Å². The summed E-state index contributed by atoms with van der Waals surface area (Å²) in [6.45, 7) is 0. The molecule has 1 aliphatic rings. The van der Waals surface area contributed by atoms with Crippen LogP contribution in [0.1, 0.15) is 25.0 Å². The second-order valence-electron chi connectivity index (χ2n) is 4.25. The highest BCUT2D eigenvalue weighted by molar-refractivity contribution is 5.09. The topological polar surface area (TPSA) is 48.1 Å². The van der Waals surface area contributed by atoms with Gasteiger partial charge in [-0.05, 0) is 31.4 Å². The summed E-state index contributed by atoms with van der Waals surface area (Å²) in [5, 5.41) is 0. The predicted molar refractivity (Wildman–Crippen MR) is 59.5 cm³/mol. The van der Waals surface area contributed by atoms with Gasteiger partial charge in [-0.2, -0.15) is 0 Å². The summed E-state index contributed by atoms with van der Waals surface area (Å²) in [5.74, 6) is 0. The molecule has 0 bridgehead atoms. The smallest absolute Gasteiger partial charge is 0.0832 e. The molecule has 0 aliphatic heterocycles. The third-order valence-electron chi connectivity index (χ3n) is 3.44. The van der Waals surface area contributed by atoms with Gasteiger partial charge in [-0.15, -0.1) is 0 Å². The summed E-state index contributed by atoms with van der Waals surface area (Å²) in [7, 11) is 1.76. The first kappa shape index (κ1) is 10.6. The van der Waals surface area contributed by atoms with Crippen LogP contribution in [0.4, 0.5) is 0 Å². The molecule has 0 amide bonds. The van der Waals surface area contributed by atoms with E-state index >= 15 is 0 Å². The third-order valence-corrected chi connectivity index (χ3v) is 3.44. The predicted octanol–water partition coefficient (Wildman–Crippen LogP) is 1.52. The van der Waals surface area contributed by atoms with Gasteiger partial charge in [-0.1, -0.05) is 6.07 Å². The molecule has 1 unspecified atom stereocenters. The zero-order valence-corrected chi connectivity index (χ0v) is 9.15. The standard InChI is InChI=1S/C12H18N2O/c1-15-12(6-4-7-12)11(13)9-10-5-2-3-8-14-10/h2-3,5,8,11H,4,6-7,9,13H2,1H3. The summed E-state index contributed by atoms with van der Waals surface area (Å²) < 4.78 is 5.55. The summed E-state index contributed by atoms with van der Waals surface area (Å²) in [6.07, 6.45) is 6.00. The SMILES string of the molecule is COC1(C(N)Cc2ccccn2)CCC1. The summed E-state index contributed by atoms with van der Waals surface area (Å²) in [6, 6.07) is 5.99. The van der Waals surface area contributed by atoms with E-state index in [0.717, 1.165) is 25.0 Å². The van der Waals surface area contributed by atoms with Crippen LogP contribution in [0.15, 0.2) is 24.4 Å². The lowest BCUT2D eigenvalue weighted by atomic mass is 9.73. The second kappa shape index (κ2) is 4.29. The average molecular weight is 206 g/mol. The lowest BCUT2D eigenvalue weighted by Gasteiger charge is -2.45. The molecular formula is C12H18N2O. The Morgan fingerprint density at radius 1 is 1.53 bits per heavy atom. The Morgan fingerprint density at radius 2 is 2.33 bits per heavy atom. The molecule has 3 nitrogen and oxygen atoms in total. The van der Waals surface area contributed by atoms with Crippen LogP contribution >= 0.6 is 0 Å². The van der Waals surface area contributed by atoms with Crippen LogP contribution < -0.4 is 5.73 Å². The molecule has 1 aromatic rings. The fraction of sp³-hybridized carbons (Fsp3) is 0.583. The van der Waals surface area contributed by atoms with Crippen molar-refractivity contribution in [3.05, 3.63) is 30.1 Å². The fourth-order valence-corrected chi connectivity index (χ4v) is 2.18. The lowest BCUT2D eigenvalue weighted by molar-refractivity contribution is -0.0898. The van der Waals surface area contributed by atoms with E-state index in [1.54, 1.807) is 7.11 Å². The van der Waals surface area contributed by atoms with Crippen LogP contribution in [0.2, 0.25) is 0 Å². The molecule has 2 rings (SSSR count). The van der Waals surface area contributed by atoms with E-state index in [2.05, 4.69) is 4.98 Å². The number of rotatable bonds is 4. The van der Waals surface area contributed by atoms with Crippen molar-refractivity contribution in [3.8, 4) is 0 Å². The van der Waals surface area contributed by atoms with Gasteiger partial charge in [-0.25, -0.2) is 0 Å². The number of hydrogen-bond acceptors (Lipinski definition) is 3.